The summed E-state index contributed by atoms with van der Waals surface area (Å²) in [7, 11) is 0.161. The van der Waals surface area contributed by atoms with E-state index in [0.717, 1.165) is 0 Å². The van der Waals surface area contributed by atoms with E-state index in [1.807, 2.05) is 0 Å². The van der Waals surface area contributed by atoms with Gasteiger partial charge in [-0.15, -0.1) is 0 Å². The van der Waals surface area contributed by atoms with Crippen LogP contribution in [0.5, 0.6) is 0 Å². The van der Waals surface area contributed by atoms with Gasteiger partial charge in [0.25, 0.3) is 5.91 Å². The molecule has 1 atom stereocenters. The Kier molecular flexibility index (Phi) is 5.06. The lowest BCUT2D eigenvalue weighted by Crippen LogP contribution is -2.13. The van der Waals surface area contributed by atoms with Gasteiger partial charge in [0.15, 0.2) is 0 Å². The molecule has 2 aromatic rings. The molecule has 0 aliphatic rings. The van der Waals surface area contributed by atoms with Crippen molar-refractivity contribution < 1.29 is 18.5 Å². The second kappa shape index (κ2) is 7.00. The Bertz CT molecular complexity index is 742. The Morgan fingerprint density at radius 3 is 2.41 bits per heavy atom. The molecule has 2 rings (SSSR count). The van der Waals surface area contributed by atoms with E-state index in [-0.39, 0.29) is 5.91 Å². The fourth-order valence-electron chi connectivity index (χ4n) is 1.86. The van der Waals surface area contributed by atoms with Crippen LogP contribution < -0.4 is 5.32 Å². The normalized spacial score (nSPS) is 11.5. The number of amides is 1. The summed E-state index contributed by atoms with van der Waals surface area (Å²) in [5.74, 6) is -0.859. The summed E-state index contributed by atoms with van der Waals surface area (Å²) in [6, 6.07) is 13.0. The van der Waals surface area contributed by atoms with E-state index in [1.54, 1.807) is 48.7 Å². The molecule has 0 aliphatic carbocycles. The van der Waals surface area contributed by atoms with E-state index >= 15 is 0 Å². The van der Waals surface area contributed by atoms with Crippen molar-refractivity contribution in [3.63, 3.8) is 0 Å². The Morgan fingerprint density at radius 1 is 1.05 bits per heavy atom. The molecule has 0 bridgehead atoms. The maximum absolute atomic E-state index is 12.2. The highest BCUT2D eigenvalue weighted by Gasteiger charge is 2.11. The highest BCUT2D eigenvalue weighted by molar-refractivity contribution is 7.84. The lowest BCUT2D eigenvalue weighted by Gasteiger charge is -2.07. The Labute approximate surface area is 130 Å². The number of anilines is 1. The molecule has 2 aromatic carbocycles. The number of carbonyl (C=O) groups is 2. The second-order valence-electron chi connectivity index (χ2n) is 4.51. The summed E-state index contributed by atoms with van der Waals surface area (Å²) in [4.78, 5) is 24.3. The molecule has 0 spiro atoms. The Balaban J connectivity index is 2.20. The third-order valence-electron chi connectivity index (χ3n) is 2.97. The van der Waals surface area contributed by atoms with Gasteiger partial charge in [0.05, 0.1) is 12.7 Å². The molecule has 0 radical (unpaired) electrons. The van der Waals surface area contributed by atoms with Gasteiger partial charge in [-0.25, -0.2) is 4.79 Å². The largest absolute Gasteiger partial charge is 0.465 e. The highest BCUT2D eigenvalue weighted by atomic mass is 32.2. The average Bonchev–Trinajstić information content (AvgIpc) is 2.54. The maximum Gasteiger partial charge on any atom is 0.337 e. The number of carbonyl (C=O) groups excluding carboxylic acids is 2. The highest BCUT2D eigenvalue weighted by Crippen LogP contribution is 2.15. The number of hydrogen-bond acceptors (Lipinski definition) is 4. The average molecular weight is 317 g/mol. The number of ether oxygens (including phenoxy) is 1. The lowest BCUT2D eigenvalue weighted by atomic mass is 10.1. The SMILES string of the molecule is COC(=O)c1cccc(C(=O)Nc2cccc([S@](C)=O)c2)c1. The first-order valence-electron chi connectivity index (χ1n) is 6.44. The fraction of sp³-hybridized carbons (Fsp3) is 0.125. The molecule has 0 aliphatic heterocycles. The van der Waals surface area contributed by atoms with E-state index in [4.69, 9.17) is 0 Å². The van der Waals surface area contributed by atoms with Crippen LogP contribution in [0.1, 0.15) is 20.7 Å². The molecule has 1 N–H and O–H groups in total. The quantitative estimate of drug-likeness (QED) is 0.879. The van der Waals surface area contributed by atoms with Crippen LogP contribution in [0, 0.1) is 0 Å². The van der Waals surface area contributed by atoms with E-state index < -0.39 is 16.8 Å². The molecule has 0 saturated carbocycles. The molecule has 6 heteroatoms. The third kappa shape index (κ3) is 3.79. The summed E-state index contributed by atoms with van der Waals surface area (Å²) >= 11 is 0. The van der Waals surface area contributed by atoms with E-state index in [0.29, 0.717) is 21.7 Å². The molecule has 1 amide bonds. The summed E-state index contributed by atoms with van der Waals surface area (Å²) in [6.07, 6.45) is 1.57. The van der Waals surface area contributed by atoms with Crippen LogP contribution in [0.3, 0.4) is 0 Å². The van der Waals surface area contributed by atoms with Crippen molar-refractivity contribution in [3.8, 4) is 0 Å². The van der Waals surface area contributed by atoms with Gasteiger partial charge in [-0.3, -0.25) is 9.00 Å². The fourth-order valence-corrected chi connectivity index (χ4v) is 2.42. The maximum atomic E-state index is 12.2. The van der Waals surface area contributed by atoms with Gasteiger partial charge in [0, 0.05) is 33.2 Å². The zero-order valence-corrected chi connectivity index (χ0v) is 13.0. The van der Waals surface area contributed by atoms with Crippen molar-refractivity contribution >= 4 is 28.4 Å². The van der Waals surface area contributed by atoms with Crippen LogP contribution in [0.25, 0.3) is 0 Å². The van der Waals surface area contributed by atoms with Crippen LogP contribution in [-0.2, 0) is 15.5 Å². The molecular formula is C16H15NO4S. The zero-order chi connectivity index (χ0) is 16.1. The zero-order valence-electron chi connectivity index (χ0n) is 12.2. The Morgan fingerprint density at radius 2 is 1.73 bits per heavy atom. The standard InChI is InChI=1S/C16H15NO4S/c1-21-16(19)12-6-3-5-11(9-12)15(18)17-13-7-4-8-14(10-13)22(2)20/h3-10H,1-2H3,(H,17,18)/t22-/m0/s1. The van der Waals surface area contributed by atoms with Gasteiger partial charge >= 0.3 is 5.97 Å². The van der Waals surface area contributed by atoms with Crippen molar-refractivity contribution in [3.05, 3.63) is 59.7 Å². The first-order valence-corrected chi connectivity index (χ1v) is 8.00. The second-order valence-corrected chi connectivity index (χ2v) is 5.89. The number of benzene rings is 2. The van der Waals surface area contributed by atoms with Crippen LogP contribution in [0.15, 0.2) is 53.4 Å². The number of nitrogens with one attached hydrogen (secondary N) is 1. The number of esters is 1. The summed E-state index contributed by atoms with van der Waals surface area (Å²) in [6.45, 7) is 0. The van der Waals surface area contributed by atoms with Crippen LogP contribution in [-0.4, -0.2) is 29.5 Å². The molecule has 0 unspecified atom stereocenters. The summed E-state index contributed by atoms with van der Waals surface area (Å²) in [5, 5.41) is 2.71. The first-order chi connectivity index (χ1) is 10.5. The van der Waals surface area contributed by atoms with E-state index in [2.05, 4.69) is 10.1 Å². The van der Waals surface area contributed by atoms with Crippen LogP contribution >= 0.6 is 0 Å². The summed E-state index contributed by atoms with van der Waals surface area (Å²) in [5.41, 5.74) is 1.19. The van der Waals surface area contributed by atoms with Crippen molar-refractivity contribution in [1.82, 2.24) is 0 Å². The molecule has 0 aromatic heterocycles. The predicted octanol–water partition coefficient (Wildman–Crippen LogP) is 2.46. The number of methoxy groups -OCH3 is 1. The lowest BCUT2D eigenvalue weighted by molar-refractivity contribution is 0.0600. The van der Waals surface area contributed by atoms with Crippen molar-refractivity contribution in [1.29, 1.82) is 0 Å². The topological polar surface area (TPSA) is 72.5 Å². The minimum atomic E-state index is -1.12. The van der Waals surface area contributed by atoms with E-state index in [9.17, 15) is 13.8 Å². The minimum absolute atomic E-state index is 0.304. The monoisotopic (exact) mass is 317 g/mol. The first kappa shape index (κ1) is 15.9. The predicted molar refractivity (Wildman–Crippen MR) is 84.5 cm³/mol. The van der Waals surface area contributed by atoms with Gasteiger partial charge in [-0.1, -0.05) is 12.1 Å². The minimum Gasteiger partial charge on any atom is -0.465 e. The number of rotatable bonds is 4. The third-order valence-corrected chi connectivity index (χ3v) is 3.89. The molecular weight excluding hydrogens is 302 g/mol. The van der Waals surface area contributed by atoms with Crippen molar-refractivity contribution in [2.24, 2.45) is 0 Å². The van der Waals surface area contributed by atoms with Crippen LogP contribution in [0.4, 0.5) is 5.69 Å². The van der Waals surface area contributed by atoms with Crippen LogP contribution in [0.2, 0.25) is 0 Å². The molecule has 22 heavy (non-hydrogen) atoms. The van der Waals surface area contributed by atoms with Gasteiger partial charge < -0.3 is 10.1 Å². The Hall–Kier alpha value is -2.47. The van der Waals surface area contributed by atoms with E-state index in [1.165, 1.54) is 13.2 Å². The van der Waals surface area contributed by atoms with Gasteiger partial charge in [-0.05, 0) is 36.4 Å². The van der Waals surface area contributed by atoms with Gasteiger partial charge in [0.2, 0.25) is 0 Å². The van der Waals surface area contributed by atoms with Crippen molar-refractivity contribution in [2.45, 2.75) is 4.90 Å². The smallest absolute Gasteiger partial charge is 0.337 e. The molecule has 0 heterocycles. The van der Waals surface area contributed by atoms with Gasteiger partial charge in [-0.2, -0.15) is 0 Å². The number of hydrogen-bond donors (Lipinski definition) is 1. The summed E-state index contributed by atoms with van der Waals surface area (Å²) < 4.78 is 16.1. The molecule has 0 fully saturated rings. The van der Waals surface area contributed by atoms with Gasteiger partial charge in [0.1, 0.15) is 0 Å². The van der Waals surface area contributed by atoms with Crippen molar-refractivity contribution in [2.75, 3.05) is 18.7 Å². The molecule has 0 saturated heterocycles. The molecule has 5 nitrogen and oxygen atoms in total. The molecule has 114 valence electrons.